The Bertz CT molecular complexity index is 797. The molecule has 0 amide bonds. The molecule has 5 heteroatoms. The third-order valence-electron chi connectivity index (χ3n) is 3.42. The Labute approximate surface area is 122 Å². The third-order valence-corrected chi connectivity index (χ3v) is 3.42. The van der Waals surface area contributed by atoms with Crippen molar-refractivity contribution in [1.82, 2.24) is 14.8 Å². The van der Waals surface area contributed by atoms with Crippen LogP contribution < -0.4 is 0 Å². The van der Waals surface area contributed by atoms with Crippen molar-refractivity contribution in [2.24, 2.45) is 0 Å². The second kappa shape index (κ2) is 5.09. The number of aromatic nitrogens is 3. The van der Waals surface area contributed by atoms with Gasteiger partial charge in [0.25, 0.3) is 0 Å². The van der Waals surface area contributed by atoms with Crippen LogP contribution in [0.4, 0.5) is 0 Å². The van der Waals surface area contributed by atoms with Crippen LogP contribution in [0.5, 0.6) is 0 Å². The summed E-state index contributed by atoms with van der Waals surface area (Å²) in [6.45, 7) is 6.12. The number of hydrogen-bond donors (Lipinski definition) is 1. The van der Waals surface area contributed by atoms with Crippen molar-refractivity contribution < 1.29 is 9.53 Å². The molecule has 0 aliphatic heterocycles. The maximum atomic E-state index is 11.8. The highest BCUT2D eigenvalue weighted by molar-refractivity contribution is 5.95. The van der Waals surface area contributed by atoms with Crippen LogP contribution in [0.15, 0.2) is 30.3 Å². The summed E-state index contributed by atoms with van der Waals surface area (Å²) in [6, 6.07) is 9.87. The SMILES string of the molecule is CCOC(=O)c1cc2c(C)nn(-c3ccc(C)cc3)c2[nH]1. The van der Waals surface area contributed by atoms with E-state index >= 15 is 0 Å². The minimum absolute atomic E-state index is 0.344. The molecule has 0 atom stereocenters. The van der Waals surface area contributed by atoms with E-state index in [0.717, 1.165) is 22.4 Å². The van der Waals surface area contributed by atoms with E-state index in [1.807, 2.05) is 42.8 Å². The van der Waals surface area contributed by atoms with Gasteiger partial charge in [-0.1, -0.05) is 17.7 Å². The normalized spacial score (nSPS) is 11.0. The van der Waals surface area contributed by atoms with Crippen molar-refractivity contribution >= 4 is 17.0 Å². The van der Waals surface area contributed by atoms with E-state index in [-0.39, 0.29) is 5.97 Å². The van der Waals surface area contributed by atoms with Gasteiger partial charge in [0.1, 0.15) is 11.3 Å². The number of aryl methyl sites for hydroxylation is 2. The first kappa shape index (κ1) is 13.4. The molecule has 0 radical (unpaired) electrons. The number of benzene rings is 1. The largest absolute Gasteiger partial charge is 0.461 e. The van der Waals surface area contributed by atoms with E-state index in [9.17, 15) is 4.79 Å². The summed E-state index contributed by atoms with van der Waals surface area (Å²) < 4.78 is 6.84. The van der Waals surface area contributed by atoms with Gasteiger partial charge in [-0.15, -0.1) is 0 Å². The minimum Gasteiger partial charge on any atom is -0.461 e. The predicted octanol–water partition coefficient (Wildman–Crippen LogP) is 3.15. The standard InChI is InChI=1S/C16H17N3O2/c1-4-21-16(20)14-9-13-11(3)18-19(15(13)17-14)12-7-5-10(2)6-8-12/h5-9,17H,4H2,1-3H3. The lowest BCUT2D eigenvalue weighted by atomic mass is 10.2. The van der Waals surface area contributed by atoms with E-state index < -0.39 is 0 Å². The Kier molecular flexibility index (Phi) is 3.25. The lowest BCUT2D eigenvalue weighted by Crippen LogP contribution is -2.05. The molecular weight excluding hydrogens is 266 g/mol. The van der Waals surface area contributed by atoms with E-state index in [0.29, 0.717) is 12.3 Å². The number of nitrogens with zero attached hydrogens (tertiary/aromatic N) is 2. The molecule has 0 bridgehead atoms. The molecule has 0 aliphatic rings. The Morgan fingerprint density at radius 1 is 1.29 bits per heavy atom. The molecule has 108 valence electrons. The van der Waals surface area contributed by atoms with Crippen LogP contribution in [-0.2, 0) is 4.74 Å². The number of carbonyl (C=O) groups is 1. The number of fused-ring (bicyclic) bond motifs is 1. The summed E-state index contributed by atoms with van der Waals surface area (Å²) in [5.74, 6) is -0.344. The molecular formula is C16H17N3O2. The lowest BCUT2D eigenvalue weighted by molar-refractivity contribution is 0.0520. The van der Waals surface area contributed by atoms with Gasteiger partial charge in [0.15, 0.2) is 0 Å². The maximum Gasteiger partial charge on any atom is 0.354 e. The molecule has 3 aromatic rings. The monoisotopic (exact) mass is 283 g/mol. The first-order chi connectivity index (χ1) is 10.1. The molecule has 0 fully saturated rings. The fourth-order valence-electron chi connectivity index (χ4n) is 2.33. The molecule has 0 aliphatic carbocycles. The second-order valence-corrected chi connectivity index (χ2v) is 5.00. The van der Waals surface area contributed by atoms with Crippen LogP contribution in [0.2, 0.25) is 0 Å². The number of carbonyl (C=O) groups excluding carboxylic acids is 1. The third kappa shape index (κ3) is 2.31. The summed E-state index contributed by atoms with van der Waals surface area (Å²) in [5, 5.41) is 5.46. The zero-order chi connectivity index (χ0) is 15.0. The van der Waals surface area contributed by atoms with Gasteiger partial charge in [-0.2, -0.15) is 5.10 Å². The highest BCUT2D eigenvalue weighted by atomic mass is 16.5. The maximum absolute atomic E-state index is 11.8. The molecule has 0 saturated heterocycles. The van der Waals surface area contributed by atoms with Crippen LogP contribution >= 0.6 is 0 Å². The van der Waals surface area contributed by atoms with Gasteiger partial charge in [-0.25, -0.2) is 9.48 Å². The minimum atomic E-state index is -0.344. The Morgan fingerprint density at radius 3 is 2.67 bits per heavy atom. The zero-order valence-corrected chi connectivity index (χ0v) is 12.3. The molecule has 0 unspecified atom stereocenters. The quantitative estimate of drug-likeness (QED) is 0.751. The summed E-state index contributed by atoms with van der Waals surface area (Å²) in [7, 11) is 0. The van der Waals surface area contributed by atoms with Gasteiger partial charge in [-0.3, -0.25) is 0 Å². The van der Waals surface area contributed by atoms with E-state index in [1.165, 1.54) is 5.56 Å². The molecule has 21 heavy (non-hydrogen) atoms. The number of rotatable bonds is 3. The average molecular weight is 283 g/mol. The number of aromatic amines is 1. The van der Waals surface area contributed by atoms with Crippen molar-refractivity contribution in [3.63, 3.8) is 0 Å². The first-order valence-corrected chi connectivity index (χ1v) is 6.92. The zero-order valence-electron chi connectivity index (χ0n) is 12.3. The fourth-order valence-corrected chi connectivity index (χ4v) is 2.33. The molecule has 3 rings (SSSR count). The molecule has 0 spiro atoms. The van der Waals surface area contributed by atoms with Crippen molar-refractivity contribution in [2.45, 2.75) is 20.8 Å². The number of H-pyrrole nitrogens is 1. The number of nitrogens with one attached hydrogen (secondary N) is 1. The highest BCUT2D eigenvalue weighted by Crippen LogP contribution is 2.23. The first-order valence-electron chi connectivity index (χ1n) is 6.92. The van der Waals surface area contributed by atoms with Crippen molar-refractivity contribution in [1.29, 1.82) is 0 Å². The van der Waals surface area contributed by atoms with Crippen LogP contribution in [0, 0.1) is 13.8 Å². The van der Waals surface area contributed by atoms with Crippen molar-refractivity contribution in [2.75, 3.05) is 6.61 Å². The second-order valence-electron chi connectivity index (χ2n) is 5.00. The summed E-state index contributed by atoms with van der Waals surface area (Å²) in [5.41, 5.74) is 4.28. The van der Waals surface area contributed by atoms with Crippen LogP contribution in [0.1, 0.15) is 28.7 Å². The van der Waals surface area contributed by atoms with Crippen LogP contribution in [0.3, 0.4) is 0 Å². The Hall–Kier alpha value is -2.56. The van der Waals surface area contributed by atoms with Gasteiger partial charge < -0.3 is 9.72 Å². The average Bonchev–Trinajstić information content (AvgIpc) is 3.01. The van der Waals surface area contributed by atoms with Crippen molar-refractivity contribution in [3.05, 3.63) is 47.3 Å². The Balaban J connectivity index is 2.11. The molecule has 0 saturated carbocycles. The number of hydrogen-bond acceptors (Lipinski definition) is 3. The van der Waals surface area contributed by atoms with Crippen molar-refractivity contribution in [3.8, 4) is 5.69 Å². The molecule has 5 nitrogen and oxygen atoms in total. The molecule has 1 N–H and O–H groups in total. The summed E-state index contributed by atoms with van der Waals surface area (Å²) >= 11 is 0. The molecule has 2 aromatic heterocycles. The van der Waals surface area contributed by atoms with Gasteiger partial charge in [0, 0.05) is 5.39 Å². The smallest absolute Gasteiger partial charge is 0.354 e. The predicted molar refractivity (Wildman–Crippen MR) is 80.9 cm³/mol. The number of ether oxygens (including phenoxy) is 1. The lowest BCUT2D eigenvalue weighted by Gasteiger charge is -2.03. The van der Waals surface area contributed by atoms with Gasteiger partial charge in [0.05, 0.1) is 18.0 Å². The van der Waals surface area contributed by atoms with E-state index in [2.05, 4.69) is 10.1 Å². The van der Waals surface area contributed by atoms with E-state index in [1.54, 1.807) is 13.0 Å². The Morgan fingerprint density at radius 2 is 2.00 bits per heavy atom. The van der Waals surface area contributed by atoms with Gasteiger partial charge >= 0.3 is 5.97 Å². The van der Waals surface area contributed by atoms with Crippen LogP contribution in [0.25, 0.3) is 16.7 Å². The molecule has 1 aromatic carbocycles. The summed E-state index contributed by atoms with van der Waals surface area (Å²) in [6.07, 6.45) is 0. The van der Waals surface area contributed by atoms with Gasteiger partial charge in [0.2, 0.25) is 0 Å². The topological polar surface area (TPSA) is 59.9 Å². The van der Waals surface area contributed by atoms with Crippen LogP contribution in [-0.4, -0.2) is 27.3 Å². The highest BCUT2D eigenvalue weighted by Gasteiger charge is 2.16. The van der Waals surface area contributed by atoms with Gasteiger partial charge in [-0.05, 0) is 39.0 Å². The number of esters is 1. The van der Waals surface area contributed by atoms with E-state index in [4.69, 9.17) is 4.74 Å². The molecule has 2 heterocycles. The fraction of sp³-hybridized carbons (Fsp3) is 0.250. The summed E-state index contributed by atoms with van der Waals surface area (Å²) in [4.78, 5) is 14.9.